The maximum Gasteiger partial charge on any atom is 0.188 e. The van der Waals surface area contributed by atoms with E-state index in [1.54, 1.807) is 0 Å². The monoisotopic (exact) mass is 442 g/mol. The Bertz CT molecular complexity index is 322. The van der Waals surface area contributed by atoms with Crippen LogP contribution < -0.4 is 11.1 Å². The van der Waals surface area contributed by atoms with Crippen molar-refractivity contribution in [3.63, 3.8) is 0 Å². The van der Waals surface area contributed by atoms with E-state index < -0.39 is 0 Å². The Morgan fingerprint density at radius 2 is 2.13 bits per heavy atom. The van der Waals surface area contributed by atoms with Crippen LogP contribution in [0.3, 0.4) is 0 Å². The summed E-state index contributed by atoms with van der Waals surface area (Å²) >= 11 is 0. The zero-order valence-electron chi connectivity index (χ0n) is 13.9. The van der Waals surface area contributed by atoms with Crippen LogP contribution in [0.5, 0.6) is 0 Å². The molecule has 0 spiro atoms. The molecule has 0 aromatic heterocycles. The predicted molar refractivity (Wildman–Crippen MR) is 102 cm³/mol. The molecule has 23 heavy (non-hydrogen) atoms. The van der Waals surface area contributed by atoms with Gasteiger partial charge in [0.05, 0.1) is 32.5 Å². The summed E-state index contributed by atoms with van der Waals surface area (Å²) in [6.45, 7) is 8.43. The molecular weight excluding hydrogens is 411 g/mol. The van der Waals surface area contributed by atoms with Crippen molar-refractivity contribution in [2.45, 2.75) is 25.4 Å². The van der Waals surface area contributed by atoms with E-state index in [-0.39, 0.29) is 30.1 Å². The lowest BCUT2D eigenvalue weighted by Gasteiger charge is -2.26. The smallest absolute Gasteiger partial charge is 0.188 e. The minimum absolute atomic E-state index is 0. The first-order valence-corrected chi connectivity index (χ1v) is 8.38. The van der Waals surface area contributed by atoms with Crippen LogP contribution in [-0.2, 0) is 14.2 Å². The summed E-state index contributed by atoms with van der Waals surface area (Å²) in [6, 6.07) is 0. The molecule has 136 valence electrons. The number of nitrogens with zero attached hydrogens (tertiary/aromatic N) is 2. The van der Waals surface area contributed by atoms with Gasteiger partial charge in [-0.15, -0.1) is 24.0 Å². The lowest BCUT2D eigenvalue weighted by molar-refractivity contribution is 0.0191. The average Bonchev–Trinajstić information content (AvgIpc) is 3.06. The molecule has 0 amide bonds. The van der Waals surface area contributed by atoms with Gasteiger partial charge in [-0.2, -0.15) is 0 Å². The third-order valence-corrected chi connectivity index (χ3v) is 3.90. The van der Waals surface area contributed by atoms with Gasteiger partial charge in [-0.05, 0) is 19.3 Å². The summed E-state index contributed by atoms with van der Waals surface area (Å²) in [4.78, 5) is 6.73. The number of ether oxygens (including phenoxy) is 3. The molecule has 2 aliphatic heterocycles. The number of guanidine groups is 1. The largest absolute Gasteiger partial charge is 0.379 e. The molecule has 2 heterocycles. The van der Waals surface area contributed by atoms with Crippen LogP contribution in [0.15, 0.2) is 4.99 Å². The van der Waals surface area contributed by atoms with E-state index in [0.29, 0.717) is 25.7 Å². The lowest BCUT2D eigenvalue weighted by atomic mass is 10.2. The van der Waals surface area contributed by atoms with Gasteiger partial charge in [-0.1, -0.05) is 0 Å². The van der Waals surface area contributed by atoms with E-state index in [0.717, 1.165) is 65.3 Å². The molecule has 1 unspecified atom stereocenters. The number of rotatable bonds is 9. The van der Waals surface area contributed by atoms with Gasteiger partial charge in [0.1, 0.15) is 0 Å². The van der Waals surface area contributed by atoms with E-state index in [9.17, 15) is 0 Å². The van der Waals surface area contributed by atoms with E-state index in [2.05, 4.69) is 15.2 Å². The van der Waals surface area contributed by atoms with Gasteiger partial charge >= 0.3 is 0 Å². The van der Waals surface area contributed by atoms with Crippen molar-refractivity contribution in [2.75, 3.05) is 65.8 Å². The van der Waals surface area contributed by atoms with Crippen molar-refractivity contribution in [1.82, 2.24) is 10.2 Å². The Hall–Kier alpha value is -0.160. The Morgan fingerprint density at radius 1 is 1.30 bits per heavy atom. The molecule has 0 saturated carbocycles. The molecule has 8 heteroatoms. The molecule has 0 aliphatic carbocycles. The highest BCUT2D eigenvalue weighted by Crippen LogP contribution is 2.11. The number of halogens is 1. The van der Waals surface area contributed by atoms with Crippen LogP contribution in [-0.4, -0.2) is 82.7 Å². The molecule has 0 radical (unpaired) electrons. The van der Waals surface area contributed by atoms with Crippen molar-refractivity contribution >= 4 is 29.9 Å². The van der Waals surface area contributed by atoms with Gasteiger partial charge in [0.2, 0.25) is 0 Å². The molecule has 2 rings (SSSR count). The summed E-state index contributed by atoms with van der Waals surface area (Å²) < 4.78 is 16.4. The number of nitrogens with one attached hydrogen (secondary N) is 1. The molecule has 7 nitrogen and oxygen atoms in total. The highest BCUT2D eigenvalue weighted by molar-refractivity contribution is 14.0. The van der Waals surface area contributed by atoms with Gasteiger partial charge in [0.25, 0.3) is 0 Å². The molecule has 2 fully saturated rings. The molecule has 2 saturated heterocycles. The molecule has 0 bridgehead atoms. The molecule has 3 N–H and O–H groups in total. The van der Waals surface area contributed by atoms with Crippen molar-refractivity contribution in [3.05, 3.63) is 0 Å². The molecule has 0 aromatic rings. The summed E-state index contributed by atoms with van der Waals surface area (Å²) in [6.07, 6.45) is 3.57. The van der Waals surface area contributed by atoms with Gasteiger partial charge in [0.15, 0.2) is 5.96 Å². The minimum atomic E-state index is 0. The predicted octanol–water partition coefficient (Wildman–Crippen LogP) is 0.427. The fraction of sp³-hybridized carbons (Fsp3) is 0.933. The first kappa shape index (κ1) is 20.9. The quantitative estimate of drug-likeness (QED) is 0.233. The maximum absolute atomic E-state index is 5.82. The Kier molecular flexibility index (Phi) is 12.0. The van der Waals surface area contributed by atoms with E-state index >= 15 is 0 Å². The summed E-state index contributed by atoms with van der Waals surface area (Å²) in [7, 11) is 0. The maximum atomic E-state index is 5.82. The van der Waals surface area contributed by atoms with E-state index in [1.807, 2.05) is 0 Å². The summed E-state index contributed by atoms with van der Waals surface area (Å²) in [5, 5.41) is 3.07. The van der Waals surface area contributed by atoms with Crippen LogP contribution in [0, 0.1) is 0 Å². The third kappa shape index (κ3) is 9.65. The number of hydrogen-bond acceptors (Lipinski definition) is 5. The summed E-state index contributed by atoms with van der Waals surface area (Å²) in [5.74, 6) is 0.502. The van der Waals surface area contributed by atoms with Gasteiger partial charge in [-0.25, -0.2) is 0 Å². The van der Waals surface area contributed by atoms with Gasteiger partial charge in [0, 0.05) is 39.3 Å². The van der Waals surface area contributed by atoms with Crippen molar-refractivity contribution < 1.29 is 14.2 Å². The highest BCUT2D eigenvalue weighted by atomic mass is 127. The molecule has 2 aliphatic rings. The fourth-order valence-electron chi connectivity index (χ4n) is 2.62. The second kappa shape index (κ2) is 13.2. The van der Waals surface area contributed by atoms with Gasteiger partial charge < -0.3 is 25.3 Å². The van der Waals surface area contributed by atoms with Crippen LogP contribution in [0.25, 0.3) is 0 Å². The third-order valence-electron chi connectivity index (χ3n) is 3.90. The number of aliphatic imine (C=N–C) groups is 1. The first-order valence-electron chi connectivity index (χ1n) is 8.38. The Balaban J connectivity index is 0.00000264. The summed E-state index contributed by atoms with van der Waals surface area (Å²) in [5.41, 5.74) is 5.82. The van der Waals surface area contributed by atoms with Crippen molar-refractivity contribution in [1.29, 1.82) is 0 Å². The molecular formula is C15H31IN4O3. The van der Waals surface area contributed by atoms with Gasteiger partial charge in [-0.3, -0.25) is 9.89 Å². The van der Waals surface area contributed by atoms with Crippen molar-refractivity contribution in [3.8, 4) is 0 Å². The number of nitrogens with two attached hydrogens (primary N) is 1. The normalized spacial score (nSPS) is 22.8. The Labute approximate surface area is 156 Å². The number of morpholine rings is 1. The second-order valence-electron chi connectivity index (χ2n) is 5.71. The van der Waals surface area contributed by atoms with E-state index in [1.165, 1.54) is 0 Å². The van der Waals surface area contributed by atoms with Crippen LogP contribution >= 0.6 is 24.0 Å². The lowest BCUT2D eigenvalue weighted by Crippen LogP contribution is -2.37. The standard InChI is InChI=1S/C15H30N4O3.HI/c16-15(17-4-2-6-19-7-11-20-12-8-19)18-5-10-21-13-14-3-1-9-22-14;/h14H,1-13H2,(H3,16,17,18);1H. The van der Waals surface area contributed by atoms with E-state index in [4.69, 9.17) is 19.9 Å². The fourth-order valence-corrected chi connectivity index (χ4v) is 2.62. The topological polar surface area (TPSA) is 81.3 Å². The highest BCUT2D eigenvalue weighted by Gasteiger charge is 2.14. The zero-order valence-corrected chi connectivity index (χ0v) is 16.2. The van der Waals surface area contributed by atoms with Crippen LogP contribution in [0.1, 0.15) is 19.3 Å². The average molecular weight is 442 g/mol. The second-order valence-corrected chi connectivity index (χ2v) is 5.71. The zero-order chi connectivity index (χ0) is 15.5. The van der Waals surface area contributed by atoms with Crippen molar-refractivity contribution in [2.24, 2.45) is 10.7 Å². The first-order chi connectivity index (χ1) is 10.8. The SMILES string of the molecule is I.NC(=NCCCN1CCOCC1)NCCOCC1CCCO1. The molecule has 0 aromatic carbocycles. The van der Waals surface area contributed by atoms with Crippen LogP contribution in [0.4, 0.5) is 0 Å². The minimum Gasteiger partial charge on any atom is -0.379 e. The Morgan fingerprint density at radius 3 is 2.87 bits per heavy atom. The molecule has 1 atom stereocenters. The van der Waals surface area contributed by atoms with Crippen LogP contribution in [0.2, 0.25) is 0 Å². The number of hydrogen-bond donors (Lipinski definition) is 2.